The van der Waals surface area contributed by atoms with E-state index < -0.39 is 0 Å². The zero-order valence-electron chi connectivity index (χ0n) is 13.4. The fourth-order valence-electron chi connectivity index (χ4n) is 2.62. The fourth-order valence-corrected chi connectivity index (χ4v) is 3.47. The Labute approximate surface area is 149 Å². The van der Waals surface area contributed by atoms with E-state index in [1.165, 1.54) is 17.3 Å². The van der Waals surface area contributed by atoms with E-state index in [1.807, 2.05) is 29.0 Å². The molecule has 0 aliphatic carbocycles. The van der Waals surface area contributed by atoms with Crippen molar-refractivity contribution in [3.63, 3.8) is 0 Å². The highest BCUT2D eigenvalue weighted by Gasteiger charge is 2.17. The molecule has 1 aliphatic rings. The van der Waals surface area contributed by atoms with E-state index in [1.54, 1.807) is 24.4 Å². The topological polar surface area (TPSA) is 53.4 Å². The van der Waals surface area contributed by atoms with Gasteiger partial charge in [-0.2, -0.15) is 0 Å². The van der Waals surface area contributed by atoms with Gasteiger partial charge >= 0.3 is 0 Å². The Morgan fingerprint density at radius 2 is 1.96 bits per heavy atom. The van der Waals surface area contributed by atoms with Crippen LogP contribution in [-0.4, -0.2) is 27.9 Å². The third-order valence-electron chi connectivity index (χ3n) is 3.90. The van der Waals surface area contributed by atoms with E-state index >= 15 is 0 Å². The van der Waals surface area contributed by atoms with Gasteiger partial charge in [-0.25, -0.2) is 4.98 Å². The van der Waals surface area contributed by atoms with Crippen LogP contribution < -0.4 is 9.47 Å². The normalized spacial score (nSPS) is 12.3. The molecule has 5 nitrogen and oxygen atoms in total. The van der Waals surface area contributed by atoms with E-state index in [-0.39, 0.29) is 12.6 Å². The van der Waals surface area contributed by atoms with Crippen LogP contribution in [-0.2, 0) is 6.54 Å². The van der Waals surface area contributed by atoms with Crippen LogP contribution in [0.3, 0.4) is 0 Å². The lowest BCUT2D eigenvalue weighted by Crippen LogP contribution is -2.05. The summed E-state index contributed by atoms with van der Waals surface area (Å²) in [7, 11) is 0. The molecule has 1 aliphatic heterocycles. The van der Waals surface area contributed by atoms with Crippen molar-refractivity contribution in [1.82, 2.24) is 9.55 Å². The molecule has 0 bridgehead atoms. The molecule has 25 heavy (non-hydrogen) atoms. The van der Waals surface area contributed by atoms with Crippen LogP contribution in [0.2, 0.25) is 0 Å². The van der Waals surface area contributed by atoms with Gasteiger partial charge < -0.3 is 14.0 Å². The van der Waals surface area contributed by atoms with Gasteiger partial charge in [-0.05, 0) is 23.8 Å². The van der Waals surface area contributed by atoms with Crippen LogP contribution in [0.25, 0.3) is 0 Å². The minimum atomic E-state index is 0.0394. The van der Waals surface area contributed by atoms with Gasteiger partial charge in [-0.3, -0.25) is 4.79 Å². The average Bonchev–Trinajstić information content (AvgIpc) is 3.29. The molecule has 6 heteroatoms. The van der Waals surface area contributed by atoms with Crippen LogP contribution in [0.1, 0.15) is 15.9 Å². The second-order valence-electron chi connectivity index (χ2n) is 5.60. The summed E-state index contributed by atoms with van der Waals surface area (Å²) in [5, 5.41) is 0.831. The predicted octanol–water partition coefficient (Wildman–Crippen LogP) is 3.64. The fraction of sp³-hybridized carbons (Fsp3) is 0.158. The summed E-state index contributed by atoms with van der Waals surface area (Å²) in [5.41, 5.74) is 1.82. The number of Topliss-reactive ketones (excluding diaryl/α,β-unsaturated/α-hetero) is 1. The van der Waals surface area contributed by atoms with Gasteiger partial charge in [-0.15, -0.1) is 0 Å². The summed E-state index contributed by atoms with van der Waals surface area (Å²) in [6, 6.07) is 15.5. The van der Waals surface area contributed by atoms with Crippen LogP contribution in [0.5, 0.6) is 11.5 Å². The van der Waals surface area contributed by atoms with Crippen LogP contribution in [0.4, 0.5) is 0 Å². The molecular formula is C19H16N2O3S. The number of nitrogens with zero attached hydrogens (tertiary/aromatic N) is 2. The van der Waals surface area contributed by atoms with E-state index in [9.17, 15) is 4.79 Å². The number of carbonyl (C=O) groups is 1. The number of rotatable bonds is 6. The Morgan fingerprint density at radius 1 is 1.12 bits per heavy atom. The lowest BCUT2D eigenvalue weighted by atomic mass is 10.1. The number of imidazole rings is 1. The number of ketones is 1. The van der Waals surface area contributed by atoms with Gasteiger partial charge in [0.15, 0.2) is 22.4 Å². The first kappa shape index (κ1) is 15.8. The van der Waals surface area contributed by atoms with Gasteiger partial charge in [0.2, 0.25) is 6.79 Å². The number of benzene rings is 2. The Morgan fingerprint density at radius 3 is 2.84 bits per heavy atom. The number of fused-ring (bicyclic) bond motifs is 1. The number of aromatic nitrogens is 2. The zero-order valence-corrected chi connectivity index (χ0v) is 14.2. The van der Waals surface area contributed by atoms with Crippen molar-refractivity contribution in [2.45, 2.75) is 11.7 Å². The monoisotopic (exact) mass is 352 g/mol. The summed E-state index contributed by atoms with van der Waals surface area (Å²) >= 11 is 1.44. The maximum atomic E-state index is 12.5. The second kappa shape index (κ2) is 7.03. The Hall–Kier alpha value is -2.73. The number of hydrogen-bond acceptors (Lipinski definition) is 5. The Bertz CT molecular complexity index is 893. The number of hydrogen-bond donors (Lipinski definition) is 0. The third kappa shape index (κ3) is 3.53. The number of ether oxygens (including phenoxy) is 2. The van der Waals surface area contributed by atoms with Crippen molar-refractivity contribution in [2.24, 2.45) is 0 Å². The zero-order chi connectivity index (χ0) is 17.1. The molecule has 0 atom stereocenters. The lowest BCUT2D eigenvalue weighted by Gasteiger charge is -2.07. The molecule has 0 spiro atoms. The molecule has 4 rings (SSSR count). The van der Waals surface area contributed by atoms with Gasteiger partial charge in [0, 0.05) is 24.5 Å². The van der Waals surface area contributed by atoms with Crippen molar-refractivity contribution in [3.8, 4) is 11.5 Å². The van der Waals surface area contributed by atoms with Gasteiger partial charge in [0.1, 0.15) is 0 Å². The molecule has 2 aromatic carbocycles. The first-order valence-corrected chi connectivity index (χ1v) is 8.89. The molecule has 0 saturated heterocycles. The third-order valence-corrected chi connectivity index (χ3v) is 4.90. The summed E-state index contributed by atoms with van der Waals surface area (Å²) < 4.78 is 12.6. The highest BCUT2D eigenvalue weighted by Crippen LogP contribution is 2.33. The van der Waals surface area contributed by atoms with Crippen molar-refractivity contribution < 1.29 is 14.3 Å². The first-order valence-electron chi connectivity index (χ1n) is 7.90. The van der Waals surface area contributed by atoms with Gasteiger partial charge in [-0.1, -0.05) is 42.1 Å². The number of thioether (sulfide) groups is 1. The Kier molecular flexibility index (Phi) is 4.43. The Balaban J connectivity index is 1.42. The second-order valence-corrected chi connectivity index (χ2v) is 6.55. The highest BCUT2D eigenvalue weighted by molar-refractivity contribution is 7.99. The van der Waals surface area contributed by atoms with E-state index in [0.29, 0.717) is 22.8 Å². The largest absolute Gasteiger partial charge is 0.454 e. The summed E-state index contributed by atoms with van der Waals surface area (Å²) in [6.45, 7) is 0.944. The minimum Gasteiger partial charge on any atom is -0.454 e. The molecule has 0 fully saturated rings. The van der Waals surface area contributed by atoms with Crippen molar-refractivity contribution in [1.29, 1.82) is 0 Å². The van der Waals surface area contributed by atoms with E-state index in [0.717, 1.165) is 11.7 Å². The molecule has 0 unspecified atom stereocenters. The average molecular weight is 352 g/mol. The van der Waals surface area contributed by atoms with Crippen molar-refractivity contribution >= 4 is 17.5 Å². The van der Waals surface area contributed by atoms with Gasteiger partial charge in [0.25, 0.3) is 0 Å². The minimum absolute atomic E-state index is 0.0394. The smallest absolute Gasteiger partial charge is 0.231 e. The molecule has 2 heterocycles. The number of carbonyl (C=O) groups excluding carboxylic acids is 1. The summed E-state index contributed by atoms with van der Waals surface area (Å²) in [4.78, 5) is 16.8. The van der Waals surface area contributed by atoms with E-state index in [2.05, 4.69) is 17.1 Å². The SMILES string of the molecule is O=C(CSc1nccn1Cc1ccccc1)c1ccc2c(c1)OCO2. The van der Waals surface area contributed by atoms with Crippen molar-refractivity contribution in [2.75, 3.05) is 12.5 Å². The van der Waals surface area contributed by atoms with E-state index in [4.69, 9.17) is 9.47 Å². The highest BCUT2D eigenvalue weighted by atomic mass is 32.2. The molecule has 126 valence electrons. The molecule has 1 aromatic heterocycles. The van der Waals surface area contributed by atoms with Gasteiger partial charge in [0.05, 0.1) is 5.75 Å². The molecule has 0 radical (unpaired) electrons. The first-order chi connectivity index (χ1) is 12.3. The molecular weight excluding hydrogens is 336 g/mol. The maximum Gasteiger partial charge on any atom is 0.231 e. The molecule has 3 aromatic rings. The van der Waals surface area contributed by atoms with Crippen LogP contribution in [0, 0.1) is 0 Å². The van der Waals surface area contributed by atoms with Crippen LogP contribution in [0.15, 0.2) is 66.1 Å². The van der Waals surface area contributed by atoms with Crippen LogP contribution >= 0.6 is 11.8 Å². The molecule has 0 amide bonds. The lowest BCUT2D eigenvalue weighted by molar-refractivity contribution is 0.102. The molecule has 0 N–H and O–H groups in total. The molecule has 0 saturated carbocycles. The van der Waals surface area contributed by atoms with Crippen molar-refractivity contribution in [3.05, 3.63) is 72.1 Å². The predicted molar refractivity (Wildman–Crippen MR) is 95.4 cm³/mol. The summed E-state index contributed by atoms with van der Waals surface area (Å²) in [6.07, 6.45) is 3.69. The maximum absolute atomic E-state index is 12.5. The quantitative estimate of drug-likeness (QED) is 0.501. The standard InChI is InChI=1S/C19H16N2O3S/c22-16(15-6-7-17-18(10-15)24-13-23-17)12-25-19-20-8-9-21(19)11-14-4-2-1-3-5-14/h1-10H,11-13H2. The summed E-state index contributed by atoms with van der Waals surface area (Å²) in [5.74, 6) is 1.67.